The molecule has 88 valence electrons. The normalized spacial score (nSPS) is 10.6. The molecule has 1 aromatic heterocycles. The molecular formula is C10H11AgN4S. The molecule has 0 amide bonds. The first-order valence-corrected chi connectivity index (χ1v) is 5.56. The number of rotatable bonds is 3. The average Bonchev–Trinajstić information content (AvgIpc) is 2.60. The van der Waals surface area contributed by atoms with E-state index in [1.807, 2.05) is 19.1 Å². The molecule has 0 bridgehead atoms. The van der Waals surface area contributed by atoms with Gasteiger partial charge in [-0.05, 0) is 31.2 Å². The zero-order valence-electron chi connectivity index (χ0n) is 8.94. The summed E-state index contributed by atoms with van der Waals surface area (Å²) < 4.78 is 1.14. The van der Waals surface area contributed by atoms with Crippen LogP contribution in [0.2, 0.25) is 0 Å². The predicted molar refractivity (Wildman–Crippen MR) is 62.8 cm³/mol. The fourth-order valence-corrected chi connectivity index (χ4v) is 2.08. The monoisotopic (exact) mass is 326 g/mol. The SMILES string of the molecule is CC[N-]/N=N/c1nc2ccc(C)cc2s1.[Ag+]. The Bertz CT molecular complexity index is 495. The number of benzene rings is 1. The molecule has 2 rings (SSSR count). The summed E-state index contributed by atoms with van der Waals surface area (Å²) in [7, 11) is 0. The van der Waals surface area contributed by atoms with Crippen molar-refractivity contribution in [1.82, 2.24) is 4.98 Å². The number of nitrogens with zero attached hydrogens (tertiary/aromatic N) is 4. The molecule has 0 aliphatic carbocycles. The van der Waals surface area contributed by atoms with Gasteiger partial charge in [-0.2, -0.15) is 0 Å². The third kappa shape index (κ3) is 3.12. The number of hydrogen-bond acceptors (Lipinski definition) is 4. The molecule has 0 saturated heterocycles. The fourth-order valence-electron chi connectivity index (χ4n) is 1.20. The maximum atomic E-state index is 4.32. The molecule has 0 atom stereocenters. The van der Waals surface area contributed by atoms with Crippen molar-refractivity contribution in [2.24, 2.45) is 10.3 Å². The number of fused-ring (bicyclic) bond motifs is 1. The molecule has 0 saturated carbocycles. The third-order valence-electron chi connectivity index (χ3n) is 1.87. The van der Waals surface area contributed by atoms with Crippen molar-refractivity contribution in [2.75, 3.05) is 6.54 Å². The van der Waals surface area contributed by atoms with Crippen molar-refractivity contribution in [3.8, 4) is 0 Å². The van der Waals surface area contributed by atoms with Gasteiger partial charge in [-0.1, -0.05) is 13.0 Å². The maximum Gasteiger partial charge on any atom is 1.00 e. The maximum absolute atomic E-state index is 4.32. The van der Waals surface area contributed by atoms with Crippen LogP contribution in [0.15, 0.2) is 28.5 Å². The number of aromatic nitrogens is 1. The first kappa shape index (κ1) is 13.3. The summed E-state index contributed by atoms with van der Waals surface area (Å²) in [6.07, 6.45) is 0. The molecule has 2 aromatic rings. The summed E-state index contributed by atoms with van der Waals surface area (Å²) in [5.41, 5.74) is 5.98. The summed E-state index contributed by atoms with van der Waals surface area (Å²) in [5.74, 6) is 0. The Morgan fingerprint density at radius 2 is 2.25 bits per heavy atom. The van der Waals surface area contributed by atoms with Gasteiger partial charge in [-0.15, -0.1) is 11.3 Å². The summed E-state index contributed by atoms with van der Waals surface area (Å²) >= 11 is 1.53. The molecule has 0 aliphatic heterocycles. The average molecular weight is 327 g/mol. The van der Waals surface area contributed by atoms with E-state index in [4.69, 9.17) is 0 Å². The largest absolute Gasteiger partial charge is 1.00 e. The van der Waals surface area contributed by atoms with E-state index in [9.17, 15) is 0 Å². The van der Waals surface area contributed by atoms with Crippen molar-refractivity contribution in [2.45, 2.75) is 13.8 Å². The predicted octanol–water partition coefficient (Wildman–Crippen LogP) is 3.99. The Hall–Kier alpha value is -0.750. The molecule has 0 aliphatic rings. The Balaban J connectivity index is 0.00000128. The van der Waals surface area contributed by atoms with Gasteiger partial charge in [0.1, 0.15) is 5.13 Å². The Kier molecular flexibility index (Phi) is 5.08. The molecule has 4 nitrogen and oxygen atoms in total. The quantitative estimate of drug-likeness (QED) is 0.478. The molecule has 0 fully saturated rings. The zero-order valence-corrected chi connectivity index (χ0v) is 11.2. The number of thiazole rings is 1. The first-order valence-electron chi connectivity index (χ1n) is 4.74. The number of aryl methyl sites for hydroxylation is 1. The molecular weight excluding hydrogens is 316 g/mol. The molecule has 0 unspecified atom stereocenters. The second-order valence-electron chi connectivity index (χ2n) is 3.11. The summed E-state index contributed by atoms with van der Waals surface area (Å²) in [6, 6.07) is 6.14. The molecule has 16 heavy (non-hydrogen) atoms. The van der Waals surface area contributed by atoms with E-state index >= 15 is 0 Å². The van der Waals surface area contributed by atoms with Crippen LogP contribution in [0.25, 0.3) is 15.6 Å². The Labute approximate surface area is 114 Å². The van der Waals surface area contributed by atoms with E-state index in [-0.39, 0.29) is 22.4 Å². The topological polar surface area (TPSA) is 51.7 Å². The molecule has 0 radical (unpaired) electrons. The minimum atomic E-state index is 0. The Morgan fingerprint density at radius 1 is 1.44 bits per heavy atom. The van der Waals surface area contributed by atoms with Crippen LogP contribution in [0, 0.1) is 6.92 Å². The van der Waals surface area contributed by atoms with Crippen LogP contribution in [-0.2, 0) is 22.4 Å². The minimum absolute atomic E-state index is 0. The van der Waals surface area contributed by atoms with Crippen LogP contribution in [0.4, 0.5) is 5.13 Å². The van der Waals surface area contributed by atoms with Crippen molar-refractivity contribution in [1.29, 1.82) is 0 Å². The zero-order chi connectivity index (χ0) is 10.7. The van der Waals surface area contributed by atoms with Crippen LogP contribution in [0.5, 0.6) is 0 Å². The summed E-state index contributed by atoms with van der Waals surface area (Å²) in [4.78, 5) is 4.32. The minimum Gasteiger partial charge on any atom is -0.382 e. The molecule has 1 heterocycles. The third-order valence-corrected chi connectivity index (χ3v) is 2.77. The van der Waals surface area contributed by atoms with Gasteiger partial charge in [0.15, 0.2) is 0 Å². The summed E-state index contributed by atoms with van der Waals surface area (Å²) in [6.45, 7) is 4.63. The van der Waals surface area contributed by atoms with E-state index in [0.29, 0.717) is 11.7 Å². The van der Waals surface area contributed by atoms with Crippen LogP contribution in [0.3, 0.4) is 0 Å². The fraction of sp³-hybridized carbons (Fsp3) is 0.300. The van der Waals surface area contributed by atoms with E-state index in [1.165, 1.54) is 16.9 Å². The summed E-state index contributed by atoms with van der Waals surface area (Å²) in [5, 5.41) is 8.26. The van der Waals surface area contributed by atoms with Crippen LogP contribution in [0.1, 0.15) is 12.5 Å². The van der Waals surface area contributed by atoms with Crippen LogP contribution in [-0.4, -0.2) is 11.5 Å². The van der Waals surface area contributed by atoms with Crippen molar-refractivity contribution < 1.29 is 22.4 Å². The van der Waals surface area contributed by atoms with Crippen LogP contribution >= 0.6 is 11.3 Å². The van der Waals surface area contributed by atoms with Crippen molar-refractivity contribution in [3.63, 3.8) is 0 Å². The van der Waals surface area contributed by atoms with Gasteiger partial charge < -0.3 is 10.5 Å². The van der Waals surface area contributed by atoms with Crippen molar-refractivity contribution >= 4 is 26.7 Å². The molecule has 6 heteroatoms. The van der Waals surface area contributed by atoms with Gasteiger partial charge in [0, 0.05) is 0 Å². The second-order valence-corrected chi connectivity index (χ2v) is 4.12. The van der Waals surface area contributed by atoms with Crippen molar-refractivity contribution in [3.05, 3.63) is 29.2 Å². The molecule has 0 spiro atoms. The Morgan fingerprint density at radius 3 is 3.00 bits per heavy atom. The van der Waals surface area contributed by atoms with E-state index < -0.39 is 0 Å². The second kappa shape index (κ2) is 6.10. The molecule has 1 aromatic carbocycles. The van der Waals surface area contributed by atoms with Gasteiger partial charge >= 0.3 is 22.4 Å². The van der Waals surface area contributed by atoms with Crippen LogP contribution < -0.4 is 0 Å². The first-order chi connectivity index (χ1) is 7.29. The van der Waals surface area contributed by atoms with E-state index in [0.717, 1.165) is 10.2 Å². The van der Waals surface area contributed by atoms with E-state index in [1.54, 1.807) is 0 Å². The standard InChI is InChI=1S/C10H11N4S.Ag/c1-3-11-14-13-10-12-8-5-4-7(2)6-9(8)15-10;/h4-6H,3H2,1-2H3;/q-1;+1. The van der Waals surface area contributed by atoms with Gasteiger partial charge in [0.05, 0.1) is 10.2 Å². The van der Waals surface area contributed by atoms with E-state index in [2.05, 4.69) is 33.7 Å². The molecule has 0 N–H and O–H groups in total. The number of hydrogen-bond donors (Lipinski definition) is 0. The van der Waals surface area contributed by atoms with Gasteiger partial charge in [-0.3, -0.25) is 5.22 Å². The van der Waals surface area contributed by atoms with Gasteiger partial charge in [0.25, 0.3) is 0 Å². The van der Waals surface area contributed by atoms with Gasteiger partial charge in [0.2, 0.25) is 0 Å². The smallest absolute Gasteiger partial charge is 0.382 e. The van der Waals surface area contributed by atoms with Gasteiger partial charge in [-0.25, -0.2) is 4.98 Å².